The number of ether oxygens (including phenoxy) is 1. The second-order valence-electron chi connectivity index (χ2n) is 9.46. The van der Waals surface area contributed by atoms with Crippen LogP contribution in [0.5, 0.6) is 5.75 Å². The van der Waals surface area contributed by atoms with E-state index in [-0.39, 0.29) is 18.5 Å². The van der Waals surface area contributed by atoms with Gasteiger partial charge >= 0.3 is 6.03 Å². The minimum Gasteiger partial charge on any atom is -0.497 e. The predicted molar refractivity (Wildman–Crippen MR) is 156 cm³/mol. The maximum absolute atomic E-state index is 13.3. The molecule has 4 aromatic rings. The number of rotatable bonds is 10. The molecule has 1 aromatic heterocycles. The van der Waals surface area contributed by atoms with Crippen LogP contribution in [0.25, 0.3) is 16.9 Å². The normalized spacial score (nSPS) is 10.7. The van der Waals surface area contributed by atoms with Crippen molar-refractivity contribution in [3.8, 4) is 22.7 Å². The summed E-state index contributed by atoms with van der Waals surface area (Å²) in [5, 5.41) is 10.7. The number of amides is 3. The Morgan fingerprint density at radius 1 is 0.949 bits per heavy atom. The van der Waals surface area contributed by atoms with Gasteiger partial charge in [-0.1, -0.05) is 61.4 Å². The quantitative estimate of drug-likeness (QED) is 0.249. The number of methoxy groups -OCH3 is 1. The van der Waals surface area contributed by atoms with Gasteiger partial charge in [-0.3, -0.25) is 4.79 Å². The van der Waals surface area contributed by atoms with Gasteiger partial charge in [0.05, 0.1) is 18.5 Å². The first kappa shape index (κ1) is 27.4. The van der Waals surface area contributed by atoms with Crippen molar-refractivity contribution < 1.29 is 14.3 Å². The summed E-state index contributed by atoms with van der Waals surface area (Å²) in [6.07, 6.45) is 1.69. The molecule has 0 aliphatic heterocycles. The van der Waals surface area contributed by atoms with Crippen LogP contribution >= 0.6 is 0 Å². The molecule has 0 aliphatic carbocycles. The van der Waals surface area contributed by atoms with Gasteiger partial charge in [-0.25, -0.2) is 9.48 Å². The summed E-state index contributed by atoms with van der Waals surface area (Å²) < 4.78 is 6.97. The molecular weight excluding hydrogens is 490 g/mol. The molecule has 0 spiro atoms. The average Bonchev–Trinajstić information content (AvgIpc) is 3.36. The molecule has 0 saturated heterocycles. The number of carbonyl (C=O) groups is 2. The van der Waals surface area contributed by atoms with E-state index in [4.69, 9.17) is 9.84 Å². The fourth-order valence-electron chi connectivity index (χ4n) is 4.25. The molecular formula is C31H35N5O3. The summed E-state index contributed by atoms with van der Waals surface area (Å²) >= 11 is 0. The highest BCUT2D eigenvalue weighted by Gasteiger charge is 2.20. The highest BCUT2D eigenvalue weighted by Crippen LogP contribution is 2.26. The van der Waals surface area contributed by atoms with Gasteiger partial charge in [0.2, 0.25) is 5.91 Å². The Hall–Kier alpha value is -4.59. The number of nitrogens with zero attached hydrogens (tertiary/aromatic N) is 3. The molecule has 8 heteroatoms. The number of unbranched alkanes of at least 4 members (excludes halogenated alkanes) is 1. The van der Waals surface area contributed by atoms with E-state index in [1.165, 1.54) is 0 Å². The number of urea groups is 1. The van der Waals surface area contributed by atoms with Crippen LogP contribution in [-0.2, 0) is 4.79 Å². The largest absolute Gasteiger partial charge is 0.497 e. The van der Waals surface area contributed by atoms with E-state index >= 15 is 0 Å². The number of anilines is 2. The Kier molecular flexibility index (Phi) is 8.99. The molecule has 0 fully saturated rings. The Morgan fingerprint density at radius 3 is 2.36 bits per heavy atom. The molecule has 0 aliphatic rings. The van der Waals surface area contributed by atoms with E-state index in [1.807, 2.05) is 92.7 Å². The van der Waals surface area contributed by atoms with Crippen molar-refractivity contribution in [3.63, 3.8) is 0 Å². The maximum atomic E-state index is 13.3. The average molecular weight is 526 g/mol. The smallest absolute Gasteiger partial charge is 0.322 e. The van der Waals surface area contributed by atoms with Crippen LogP contribution < -0.4 is 15.4 Å². The number of hydrogen-bond acceptors (Lipinski definition) is 4. The first-order valence-electron chi connectivity index (χ1n) is 13.1. The molecule has 1 heterocycles. The van der Waals surface area contributed by atoms with E-state index in [0.29, 0.717) is 12.4 Å². The van der Waals surface area contributed by atoms with Crippen molar-refractivity contribution in [2.45, 2.75) is 33.6 Å². The van der Waals surface area contributed by atoms with Gasteiger partial charge < -0.3 is 20.3 Å². The summed E-state index contributed by atoms with van der Waals surface area (Å²) in [6, 6.07) is 24.6. The molecule has 0 radical (unpaired) electrons. The zero-order chi connectivity index (χ0) is 27.8. The van der Waals surface area contributed by atoms with E-state index in [0.717, 1.165) is 52.4 Å². The Bertz CT molecular complexity index is 1410. The minimum absolute atomic E-state index is 0.0921. The zero-order valence-corrected chi connectivity index (χ0v) is 22.9. The summed E-state index contributed by atoms with van der Waals surface area (Å²) in [4.78, 5) is 28.0. The van der Waals surface area contributed by atoms with Crippen molar-refractivity contribution in [1.82, 2.24) is 14.7 Å². The molecule has 202 valence electrons. The van der Waals surface area contributed by atoms with Crippen LogP contribution in [0, 0.1) is 13.8 Å². The SMILES string of the molecule is CCCCN(CC(=O)Nc1cc(-c2ccccc2)nn1-c1ccc(OC)cc1)C(=O)Nc1ccc(C)cc1C. The van der Waals surface area contributed by atoms with Crippen molar-refractivity contribution in [2.75, 3.05) is 30.8 Å². The van der Waals surface area contributed by atoms with Crippen LogP contribution in [-0.4, -0.2) is 46.8 Å². The highest BCUT2D eigenvalue weighted by molar-refractivity contribution is 5.97. The molecule has 2 N–H and O–H groups in total. The molecule has 3 aromatic carbocycles. The third-order valence-corrected chi connectivity index (χ3v) is 6.39. The number of aromatic nitrogens is 2. The molecule has 0 bridgehead atoms. The third kappa shape index (κ3) is 7.04. The zero-order valence-electron chi connectivity index (χ0n) is 22.9. The van der Waals surface area contributed by atoms with E-state index in [2.05, 4.69) is 17.6 Å². The number of benzene rings is 3. The summed E-state index contributed by atoms with van der Waals surface area (Å²) in [5.41, 5.74) is 5.24. The second-order valence-corrected chi connectivity index (χ2v) is 9.46. The fourth-order valence-corrected chi connectivity index (χ4v) is 4.25. The Morgan fingerprint density at radius 2 is 1.69 bits per heavy atom. The van der Waals surface area contributed by atoms with Crippen LogP contribution in [0.4, 0.5) is 16.3 Å². The van der Waals surface area contributed by atoms with Crippen LogP contribution in [0.3, 0.4) is 0 Å². The van der Waals surface area contributed by atoms with Gasteiger partial charge in [0.15, 0.2) is 0 Å². The molecule has 8 nitrogen and oxygen atoms in total. The van der Waals surface area contributed by atoms with Crippen molar-refractivity contribution >= 4 is 23.4 Å². The predicted octanol–water partition coefficient (Wildman–Crippen LogP) is 6.44. The Labute approximate surface area is 229 Å². The van der Waals surface area contributed by atoms with E-state index in [9.17, 15) is 9.59 Å². The van der Waals surface area contributed by atoms with Crippen molar-refractivity contribution in [1.29, 1.82) is 0 Å². The molecule has 4 rings (SSSR count). The molecule has 0 saturated carbocycles. The van der Waals surface area contributed by atoms with Gasteiger partial charge in [-0.05, 0) is 56.2 Å². The number of aryl methyl sites for hydroxylation is 2. The maximum Gasteiger partial charge on any atom is 0.322 e. The van der Waals surface area contributed by atoms with Crippen molar-refractivity contribution in [2.24, 2.45) is 0 Å². The van der Waals surface area contributed by atoms with Gasteiger partial charge in [0, 0.05) is 23.9 Å². The lowest BCUT2D eigenvalue weighted by atomic mass is 10.1. The first-order chi connectivity index (χ1) is 18.9. The van der Waals surface area contributed by atoms with Crippen LogP contribution in [0.15, 0.2) is 78.9 Å². The minimum atomic E-state index is -0.309. The topological polar surface area (TPSA) is 88.5 Å². The summed E-state index contributed by atoms with van der Waals surface area (Å²) in [6.45, 7) is 6.39. The van der Waals surface area contributed by atoms with Gasteiger partial charge in [0.25, 0.3) is 0 Å². The lowest BCUT2D eigenvalue weighted by Gasteiger charge is -2.23. The molecule has 3 amide bonds. The lowest BCUT2D eigenvalue weighted by molar-refractivity contribution is -0.116. The van der Waals surface area contributed by atoms with Gasteiger partial charge in [-0.15, -0.1) is 0 Å². The molecule has 0 unspecified atom stereocenters. The van der Waals surface area contributed by atoms with E-state index < -0.39 is 0 Å². The Balaban J connectivity index is 1.56. The molecule has 39 heavy (non-hydrogen) atoms. The standard InChI is InChI=1S/C31H35N5O3/c1-5-6-18-35(31(38)32-27-17-12-22(2)19-23(27)3)21-30(37)33-29-20-28(24-10-8-7-9-11-24)34-36(29)25-13-15-26(39-4)16-14-25/h7-17,19-20H,5-6,18,21H2,1-4H3,(H,32,38)(H,33,37). The first-order valence-corrected chi connectivity index (χ1v) is 13.1. The van der Waals surface area contributed by atoms with Gasteiger partial charge in [0.1, 0.15) is 18.1 Å². The second kappa shape index (κ2) is 12.8. The fraction of sp³-hybridized carbons (Fsp3) is 0.258. The van der Waals surface area contributed by atoms with E-state index in [1.54, 1.807) is 16.7 Å². The van der Waals surface area contributed by atoms with Crippen molar-refractivity contribution in [3.05, 3.63) is 90.0 Å². The number of carbonyl (C=O) groups excluding carboxylic acids is 2. The third-order valence-electron chi connectivity index (χ3n) is 6.39. The number of hydrogen-bond donors (Lipinski definition) is 2. The summed E-state index contributed by atoms with van der Waals surface area (Å²) in [5.74, 6) is 0.923. The van der Waals surface area contributed by atoms with Crippen LogP contribution in [0.1, 0.15) is 30.9 Å². The number of nitrogens with one attached hydrogen (secondary N) is 2. The monoisotopic (exact) mass is 525 g/mol. The lowest BCUT2D eigenvalue weighted by Crippen LogP contribution is -2.41. The van der Waals surface area contributed by atoms with Gasteiger partial charge in [-0.2, -0.15) is 5.10 Å². The summed E-state index contributed by atoms with van der Waals surface area (Å²) in [7, 11) is 1.61. The molecule has 0 atom stereocenters. The highest BCUT2D eigenvalue weighted by atomic mass is 16.5. The van der Waals surface area contributed by atoms with Crippen LogP contribution in [0.2, 0.25) is 0 Å².